The van der Waals surface area contributed by atoms with Crippen molar-refractivity contribution in [3.63, 3.8) is 0 Å². The molecule has 0 spiro atoms. The van der Waals surface area contributed by atoms with E-state index in [4.69, 9.17) is 10.7 Å². The Morgan fingerprint density at radius 1 is 1.06 bits per heavy atom. The average molecular weight is 429 g/mol. The van der Waals surface area contributed by atoms with Crippen LogP contribution >= 0.6 is 0 Å². The van der Waals surface area contributed by atoms with Crippen molar-refractivity contribution >= 4 is 11.6 Å². The van der Waals surface area contributed by atoms with Gasteiger partial charge in [0, 0.05) is 28.8 Å². The molecule has 9 nitrogen and oxygen atoms in total. The van der Waals surface area contributed by atoms with E-state index in [0.29, 0.717) is 5.82 Å². The highest BCUT2D eigenvalue weighted by Gasteiger charge is 2.53. The fourth-order valence-corrected chi connectivity index (χ4v) is 5.48. The number of amides is 1. The number of nitrogens with zero attached hydrogens (tertiary/aromatic N) is 6. The summed E-state index contributed by atoms with van der Waals surface area (Å²) in [4.78, 5) is 34.0. The molecule has 0 unspecified atom stereocenters. The van der Waals surface area contributed by atoms with Gasteiger partial charge in [-0.3, -0.25) is 4.79 Å². The Morgan fingerprint density at radius 3 is 2.56 bits per heavy atom. The molecule has 4 aromatic rings. The van der Waals surface area contributed by atoms with Crippen molar-refractivity contribution in [2.75, 3.05) is 0 Å². The van der Waals surface area contributed by atoms with Crippen molar-refractivity contribution in [2.24, 2.45) is 11.1 Å². The van der Waals surface area contributed by atoms with Gasteiger partial charge in [-0.1, -0.05) is 0 Å². The highest BCUT2D eigenvalue weighted by Crippen LogP contribution is 2.57. The van der Waals surface area contributed by atoms with Gasteiger partial charge in [0.15, 0.2) is 5.65 Å². The lowest BCUT2D eigenvalue weighted by Gasteiger charge is -2.51. The quantitative estimate of drug-likeness (QED) is 0.514. The van der Waals surface area contributed by atoms with Crippen LogP contribution in [0.2, 0.25) is 0 Å². The Kier molecular flexibility index (Phi) is 3.99. The van der Waals surface area contributed by atoms with Crippen LogP contribution in [0.1, 0.15) is 50.2 Å². The number of H-pyrrole nitrogens is 1. The number of primary amides is 1. The van der Waals surface area contributed by atoms with Crippen LogP contribution < -0.4 is 5.73 Å². The van der Waals surface area contributed by atoms with E-state index >= 15 is 0 Å². The molecule has 3 N–H and O–H groups in total. The van der Waals surface area contributed by atoms with Crippen LogP contribution in [0.4, 0.5) is 0 Å². The van der Waals surface area contributed by atoms with Gasteiger partial charge >= 0.3 is 0 Å². The second-order valence-corrected chi connectivity index (χ2v) is 9.20. The van der Waals surface area contributed by atoms with E-state index in [9.17, 15) is 4.79 Å². The third-order valence-corrected chi connectivity index (χ3v) is 7.55. The second-order valence-electron chi connectivity index (χ2n) is 9.20. The van der Waals surface area contributed by atoms with E-state index in [1.807, 2.05) is 31.3 Å². The molecule has 162 valence electrons. The van der Waals surface area contributed by atoms with Crippen LogP contribution in [-0.4, -0.2) is 40.4 Å². The Balaban J connectivity index is 1.48. The molecule has 0 saturated heterocycles. The number of imidazole rings is 1. The van der Waals surface area contributed by atoms with Gasteiger partial charge in [-0.15, -0.1) is 0 Å². The van der Waals surface area contributed by atoms with Crippen molar-refractivity contribution < 1.29 is 4.79 Å². The smallest absolute Gasteiger partial charge is 0.223 e. The minimum atomic E-state index is -0.331. The zero-order valence-electron chi connectivity index (χ0n) is 17.9. The van der Waals surface area contributed by atoms with Gasteiger partial charge in [-0.2, -0.15) is 5.10 Å². The number of rotatable bonds is 4. The summed E-state index contributed by atoms with van der Waals surface area (Å²) >= 11 is 0. The molecule has 2 bridgehead atoms. The number of aryl methyl sites for hydroxylation is 1. The zero-order chi connectivity index (χ0) is 21.9. The molecule has 0 aromatic carbocycles. The molecule has 1 amide bonds. The molecule has 3 aliphatic rings. The Bertz CT molecular complexity index is 1330. The largest absolute Gasteiger partial charge is 0.369 e. The molecule has 3 fully saturated rings. The van der Waals surface area contributed by atoms with Crippen molar-refractivity contribution in [3.8, 4) is 22.6 Å². The Labute approximate surface area is 184 Å². The lowest BCUT2D eigenvalue weighted by atomic mass is 9.53. The predicted octanol–water partition coefficient (Wildman–Crippen LogP) is 2.96. The second kappa shape index (κ2) is 6.69. The molecule has 32 heavy (non-hydrogen) atoms. The van der Waals surface area contributed by atoms with Gasteiger partial charge in [0.1, 0.15) is 18.0 Å². The van der Waals surface area contributed by atoms with Gasteiger partial charge in [0.25, 0.3) is 0 Å². The maximum absolute atomic E-state index is 12.1. The molecule has 0 radical (unpaired) electrons. The van der Waals surface area contributed by atoms with Gasteiger partial charge in [-0.05, 0) is 63.6 Å². The summed E-state index contributed by atoms with van der Waals surface area (Å²) in [5.74, 6) is 1.52. The van der Waals surface area contributed by atoms with Gasteiger partial charge in [0.2, 0.25) is 5.91 Å². The lowest BCUT2D eigenvalue weighted by molar-refractivity contribution is -0.134. The summed E-state index contributed by atoms with van der Waals surface area (Å²) in [7, 11) is 0. The van der Waals surface area contributed by atoms with Crippen molar-refractivity contribution in [1.82, 2.24) is 34.5 Å². The van der Waals surface area contributed by atoms with E-state index in [-0.39, 0.29) is 16.7 Å². The molecule has 4 aromatic heterocycles. The maximum Gasteiger partial charge on any atom is 0.223 e. The van der Waals surface area contributed by atoms with Crippen molar-refractivity contribution in [1.29, 1.82) is 0 Å². The lowest BCUT2D eigenvalue weighted by Crippen LogP contribution is -2.50. The van der Waals surface area contributed by atoms with Crippen LogP contribution in [0.3, 0.4) is 0 Å². The first-order valence-electron chi connectivity index (χ1n) is 11.0. The number of pyridine rings is 1. The van der Waals surface area contributed by atoms with Gasteiger partial charge in [-0.25, -0.2) is 24.5 Å². The summed E-state index contributed by atoms with van der Waals surface area (Å²) < 4.78 is 1.75. The summed E-state index contributed by atoms with van der Waals surface area (Å²) in [5, 5.41) is 4.28. The Morgan fingerprint density at radius 2 is 1.84 bits per heavy atom. The number of hydrogen-bond donors (Lipinski definition) is 2. The number of aromatic nitrogens is 7. The fraction of sp³-hybridized carbons (Fsp3) is 0.391. The SMILES string of the molecule is Cc1nccc(-c2[nH]c(C34CCC(C(N)=O)(CC3)CC4)nc2-c2ccc3ncnn3c2)n1. The molecule has 0 aliphatic heterocycles. The van der Waals surface area contributed by atoms with Crippen molar-refractivity contribution in [3.05, 3.63) is 48.6 Å². The molecule has 3 aliphatic carbocycles. The van der Waals surface area contributed by atoms with Crippen LogP contribution in [0, 0.1) is 12.3 Å². The van der Waals surface area contributed by atoms with Crippen LogP contribution in [0.5, 0.6) is 0 Å². The molecular formula is C23H24N8O. The summed E-state index contributed by atoms with van der Waals surface area (Å²) in [6, 6.07) is 5.85. The highest BCUT2D eigenvalue weighted by molar-refractivity contribution is 5.81. The van der Waals surface area contributed by atoms with Crippen LogP contribution in [-0.2, 0) is 10.2 Å². The average Bonchev–Trinajstić information content (AvgIpc) is 3.47. The molecule has 0 atom stereocenters. The number of carbonyl (C=O) groups excluding carboxylic acids is 1. The first-order valence-corrected chi connectivity index (χ1v) is 11.0. The highest BCUT2D eigenvalue weighted by atomic mass is 16.1. The number of hydrogen-bond acceptors (Lipinski definition) is 6. The van der Waals surface area contributed by atoms with Crippen LogP contribution in [0.15, 0.2) is 36.9 Å². The predicted molar refractivity (Wildman–Crippen MR) is 117 cm³/mol. The van der Waals surface area contributed by atoms with E-state index in [1.165, 1.54) is 6.33 Å². The molecule has 4 heterocycles. The minimum Gasteiger partial charge on any atom is -0.369 e. The molecular weight excluding hydrogens is 404 g/mol. The van der Waals surface area contributed by atoms with E-state index < -0.39 is 0 Å². The summed E-state index contributed by atoms with van der Waals surface area (Å²) in [6.07, 6.45) is 10.5. The molecule has 9 heteroatoms. The first-order chi connectivity index (χ1) is 15.5. The zero-order valence-corrected chi connectivity index (χ0v) is 17.9. The first kappa shape index (κ1) is 19.1. The molecule has 3 saturated carbocycles. The number of nitrogens with two attached hydrogens (primary N) is 1. The van der Waals surface area contributed by atoms with E-state index in [1.54, 1.807) is 10.7 Å². The third kappa shape index (κ3) is 2.77. The van der Waals surface area contributed by atoms with Gasteiger partial charge < -0.3 is 10.7 Å². The standard InChI is InChI=1S/C23H24N8O/c1-14-25-11-4-16(28-14)19-18(15-2-3-17-26-13-27-31(17)12-15)29-21(30-19)23-8-5-22(6-9-23,7-10-23)20(24)32/h2-4,11-13H,5-10H2,1H3,(H2,24,32)(H,29,30). The minimum absolute atomic E-state index is 0.0658. The Hall–Kier alpha value is -3.62. The summed E-state index contributed by atoms with van der Waals surface area (Å²) in [6.45, 7) is 1.88. The third-order valence-electron chi connectivity index (χ3n) is 7.55. The van der Waals surface area contributed by atoms with Crippen molar-refractivity contribution in [2.45, 2.75) is 50.9 Å². The number of aromatic amines is 1. The molecule has 7 rings (SSSR count). The van der Waals surface area contributed by atoms with Gasteiger partial charge in [0.05, 0.1) is 17.1 Å². The normalized spacial score (nSPS) is 24.8. The van der Waals surface area contributed by atoms with E-state index in [2.05, 4.69) is 25.0 Å². The monoisotopic (exact) mass is 428 g/mol. The number of nitrogens with one attached hydrogen (secondary N) is 1. The summed E-state index contributed by atoms with van der Waals surface area (Å²) in [5.41, 5.74) is 9.59. The number of carbonyl (C=O) groups is 1. The van der Waals surface area contributed by atoms with E-state index in [0.717, 1.165) is 72.6 Å². The van der Waals surface area contributed by atoms with Crippen LogP contribution in [0.25, 0.3) is 28.3 Å². The maximum atomic E-state index is 12.1. The topological polar surface area (TPSA) is 128 Å². The number of fused-ring (bicyclic) bond motifs is 4. The fourth-order valence-electron chi connectivity index (χ4n) is 5.48.